The van der Waals surface area contributed by atoms with Crippen molar-refractivity contribution in [1.82, 2.24) is 0 Å². The molecule has 0 fully saturated rings. The lowest BCUT2D eigenvalue weighted by molar-refractivity contribution is -0.119. The van der Waals surface area contributed by atoms with Gasteiger partial charge in [0.05, 0.1) is 12.2 Å². The molecule has 0 radical (unpaired) electrons. The van der Waals surface area contributed by atoms with E-state index in [-0.39, 0.29) is 12.5 Å². The van der Waals surface area contributed by atoms with E-state index in [1.165, 1.54) is 0 Å². The fourth-order valence-electron chi connectivity index (χ4n) is 2.37. The van der Waals surface area contributed by atoms with Crippen molar-refractivity contribution in [2.24, 2.45) is 0 Å². The molecule has 2 rings (SSSR count). The number of carbonyl (C=O) groups excluding carboxylic acids is 2. The largest absolute Gasteiger partial charge is 0.494 e. The summed E-state index contributed by atoms with van der Waals surface area (Å²) in [6.45, 7) is 6.23. The van der Waals surface area contributed by atoms with Crippen molar-refractivity contribution < 1.29 is 19.1 Å². The topological polar surface area (TPSA) is 64.6 Å². The predicted molar refractivity (Wildman–Crippen MR) is 97.1 cm³/mol. The third kappa shape index (κ3) is 5.95. The van der Waals surface area contributed by atoms with Crippen molar-refractivity contribution >= 4 is 17.6 Å². The number of nitrogens with one attached hydrogen (secondary N) is 1. The average Bonchev–Trinajstić information content (AvgIpc) is 2.57. The third-order valence-corrected chi connectivity index (χ3v) is 3.40. The molecule has 2 aromatic carbocycles. The van der Waals surface area contributed by atoms with Crippen LogP contribution in [0.2, 0.25) is 0 Å². The van der Waals surface area contributed by atoms with Gasteiger partial charge in [0.2, 0.25) is 0 Å². The van der Waals surface area contributed by atoms with E-state index in [2.05, 4.69) is 5.32 Å². The van der Waals surface area contributed by atoms with E-state index < -0.39 is 5.97 Å². The minimum absolute atomic E-state index is 0.333. The number of esters is 1. The fraction of sp³-hybridized carbons (Fsp3) is 0.300. The molecule has 2 aromatic rings. The number of hydrogen-bond donors (Lipinski definition) is 1. The Balaban J connectivity index is 1.85. The SMILES string of the molecule is CCCOc1ccc(C(=O)OCC(=O)Nc2cc(C)cc(C)c2)cc1. The highest BCUT2D eigenvalue weighted by atomic mass is 16.5. The number of amides is 1. The van der Waals surface area contributed by atoms with Gasteiger partial charge in [-0.05, 0) is 67.8 Å². The summed E-state index contributed by atoms with van der Waals surface area (Å²) in [4.78, 5) is 23.9. The van der Waals surface area contributed by atoms with Gasteiger partial charge in [0.25, 0.3) is 5.91 Å². The van der Waals surface area contributed by atoms with E-state index in [4.69, 9.17) is 9.47 Å². The molecule has 1 N–H and O–H groups in total. The van der Waals surface area contributed by atoms with Gasteiger partial charge >= 0.3 is 5.97 Å². The normalized spacial score (nSPS) is 10.2. The van der Waals surface area contributed by atoms with Gasteiger partial charge in [-0.15, -0.1) is 0 Å². The van der Waals surface area contributed by atoms with Crippen LogP contribution in [-0.4, -0.2) is 25.1 Å². The van der Waals surface area contributed by atoms with Gasteiger partial charge in [-0.2, -0.15) is 0 Å². The fourth-order valence-corrected chi connectivity index (χ4v) is 2.37. The molecule has 5 heteroatoms. The van der Waals surface area contributed by atoms with Crippen molar-refractivity contribution in [3.8, 4) is 5.75 Å². The number of ether oxygens (including phenoxy) is 2. The van der Waals surface area contributed by atoms with Crippen molar-refractivity contribution in [2.75, 3.05) is 18.5 Å². The Bertz CT molecular complexity index is 718. The molecule has 0 aliphatic heterocycles. The van der Waals surface area contributed by atoms with E-state index in [9.17, 15) is 9.59 Å². The number of hydrogen-bond acceptors (Lipinski definition) is 4. The highest BCUT2D eigenvalue weighted by Gasteiger charge is 2.11. The molecule has 0 spiro atoms. The zero-order chi connectivity index (χ0) is 18.2. The lowest BCUT2D eigenvalue weighted by Gasteiger charge is -2.09. The van der Waals surface area contributed by atoms with Gasteiger partial charge in [-0.3, -0.25) is 4.79 Å². The van der Waals surface area contributed by atoms with Crippen LogP contribution in [0.25, 0.3) is 0 Å². The van der Waals surface area contributed by atoms with Gasteiger partial charge in [0.15, 0.2) is 6.61 Å². The number of carbonyl (C=O) groups is 2. The van der Waals surface area contributed by atoms with Crippen molar-refractivity contribution in [3.63, 3.8) is 0 Å². The average molecular weight is 341 g/mol. The summed E-state index contributed by atoms with van der Waals surface area (Å²) in [7, 11) is 0. The summed E-state index contributed by atoms with van der Waals surface area (Å²) < 4.78 is 10.5. The summed E-state index contributed by atoms with van der Waals surface area (Å²) in [5.74, 6) is -0.218. The summed E-state index contributed by atoms with van der Waals surface area (Å²) in [6.07, 6.45) is 0.916. The van der Waals surface area contributed by atoms with E-state index in [1.54, 1.807) is 24.3 Å². The van der Waals surface area contributed by atoms with Crippen LogP contribution < -0.4 is 10.1 Å². The molecule has 0 unspecified atom stereocenters. The molecule has 0 aromatic heterocycles. The number of aryl methyl sites for hydroxylation is 2. The molecule has 0 aliphatic carbocycles. The molecule has 0 saturated heterocycles. The lowest BCUT2D eigenvalue weighted by Crippen LogP contribution is -2.21. The maximum atomic E-state index is 12.0. The van der Waals surface area contributed by atoms with Crippen LogP contribution >= 0.6 is 0 Å². The molecule has 0 bridgehead atoms. The minimum Gasteiger partial charge on any atom is -0.494 e. The standard InChI is InChI=1S/C20H23NO4/c1-4-9-24-18-7-5-16(6-8-18)20(23)25-13-19(22)21-17-11-14(2)10-15(3)12-17/h5-8,10-12H,4,9,13H2,1-3H3,(H,21,22). The second kappa shape index (κ2) is 8.87. The molecule has 1 amide bonds. The first-order valence-corrected chi connectivity index (χ1v) is 8.26. The maximum absolute atomic E-state index is 12.0. The molecule has 0 atom stereocenters. The lowest BCUT2D eigenvalue weighted by atomic mass is 10.1. The Morgan fingerprint density at radius 1 is 1.00 bits per heavy atom. The molecule has 0 aliphatic rings. The zero-order valence-corrected chi connectivity index (χ0v) is 14.8. The first-order valence-electron chi connectivity index (χ1n) is 8.26. The molecule has 25 heavy (non-hydrogen) atoms. The maximum Gasteiger partial charge on any atom is 0.338 e. The number of benzene rings is 2. The molecule has 0 saturated carbocycles. The Labute approximate surface area is 148 Å². The number of anilines is 1. The van der Waals surface area contributed by atoms with Crippen LogP contribution in [0.15, 0.2) is 42.5 Å². The van der Waals surface area contributed by atoms with E-state index >= 15 is 0 Å². The van der Waals surface area contributed by atoms with Crippen LogP contribution in [0.4, 0.5) is 5.69 Å². The van der Waals surface area contributed by atoms with Crippen LogP contribution in [-0.2, 0) is 9.53 Å². The van der Waals surface area contributed by atoms with Crippen LogP contribution in [0.5, 0.6) is 5.75 Å². The van der Waals surface area contributed by atoms with Gasteiger partial charge in [0, 0.05) is 5.69 Å². The quantitative estimate of drug-likeness (QED) is 0.776. The van der Waals surface area contributed by atoms with Crippen LogP contribution in [0, 0.1) is 13.8 Å². The molecule has 132 valence electrons. The highest BCUT2D eigenvalue weighted by molar-refractivity contribution is 5.95. The Morgan fingerprint density at radius 3 is 2.24 bits per heavy atom. The smallest absolute Gasteiger partial charge is 0.338 e. The first kappa shape index (κ1) is 18.5. The van der Waals surface area contributed by atoms with Crippen LogP contribution in [0.3, 0.4) is 0 Å². The van der Waals surface area contributed by atoms with Gasteiger partial charge in [0.1, 0.15) is 5.75 Å². The van der Waals surface area contributed by atoms with Crippen molar-refractivity contribution in [3.05, 3.63) is 59.2 Å². The summed E-state index contributed by atoms with van der Waals surface area (Å²) in [5.41, 5.74) is 3.18. The van der Waals surface area contributed by atoms with E-state index in [0.29, 0.717) is 23.6 Å². The van der Waals surface area contributed by atoms with E-state index in [0.717, 1.165) is 17.5 Å². The van der Waals surface area contributed by atoms with Gasteiger partial charge < -0.3 is 14.8 Å². The van der Waals surface area contributed by atoms with Crippen molar-refractivity contribution in [1.29, 1.82) is 0 Å². The molecular formula is C20H23NO4. The van der Waals surface area contributed by atoms with Crippen LogP contribution in [0.1, 0.15) is 34.8 Å². The minimum atomic E-state index is -0.544. The Kier molecular flexibility index (Phi) is 6.57. The third-order valence-electron chi connectivity index (χ3n) is 3.40. The predicted octanol–water partition coefficient (Wildman–Crippen LogP) is 3.89. The molecular weight excluding hydrogens is 318 g/mol. The van der Waals surface area contributed by atoms with Gasteiger partial charge in [-0.1, -0.05) is 13.0 Å². The number of rotatable bonds is 7. The highest BCUT2D eigenvalue weighted by Crippen LogP contribution is 2.15. The monoisotopic (exact) mass is 341 g/mol. The van der Waals surface area contributed by atoms with Crippen molar-refractivity contribution in [2.45, 2.75) is 27.2 Å². The second-order valence-corrected chi connectivity index (χ2v) is 5.87. The summed E-state index contributed by atoms with van der Waals surface area (Å²) in [6, 6.07) is 12.4. The Hall–Kier alpha value is -2.82. The first-order chi connectivity index (χ1) is 12.0. The second-order valence-electron chi connectivity index (χ2n) is 5.87. The van der Waals surface area contributed by atoms with Gasteiger partial charge in [-0.25, -0.2) is 4.79 Å². The molecule has 0 heterocycles. The summed E-state index contributed by atoms with van der Waals surface area (Å²) >= 11 is 0. The Morgan fingerprint density at radius 2 is 1.64 bits per heavy atom. The zero-order valence-electron chi connectivity index (χ0n) is 14.8. The van der Waals surface area contributed by atoms with E-state index in [1.807, 2.05) is 39.0 Å². The molecule has 5 nitrogen and oxygen atoms in total. The summed E-state index contributed by atoms with van der Waals surface area (Å²) in [5, 5.41) is 2.73.